The lowest BCUT2D eigenvalue weighted by Crippen LogP contribution is -2.43. The molecule has 114 valence electrons. The van der Waals surface area contributed by atoms with E-state index >= 15 is 0 Å². The van der Waals surface area contributed by atoms with E-state index in [-0.39, 0.29) is 12.1 Å². The molecule has 1 amide bonds. The maximum Gasteiger partial charge on any atom is 0.262 e. The van der Waals surface area contributed by atoms with Gasteiger partial charge in [-0.1, -0.05) is 24.3 Å². The zero-order chi connectivity index (χ0) is 15.8. The summed E-state index contributed by atoms with van der Waals surface area (Å²) in [5.41, 5.74) is 4.74. The van der Waals surface area contributed by atoms with E-state index < -0.39 is 0 Å². The number of nitrogens with one attached hydrogen (secondary N) is 1. The zero-order valence-corrected chi connectivity index (χ0v) is 13.5. The average Bonchev–Trinajstić information content (AvgIpc) is 3.09. The van der Waals surface area contributed by atoms with Gasteiger partial charge < -0.3 is 5.32 Å². The van der Waals surface area contributed by atoms with Crippen molar-refractivity contribution in [2.45, 2.75) is 13.1 Å². The van der Waals surface area contributed by atoms with E-state index in [0.29, 0.717) is 5.56 Å². The molecule has 3 nitrogen and oxygen atoms in total. The van der Waals surface area contributed by atoms with Crippen molar-refractivity contribution in [3.8, 4) is 0 Å². The topological polar surface area (TPSA) is 32.3 Å². The molecule has 0 unspecified atom stereocenters. The molecular formula is C19H16N2OS. The molecule has 1 aliphatic heterocycles. The summed E-state index contributed by atoms with van der Waals surface area (Å²) in [6, 6.07) is 17.8. The first kappa shape index (κ1) is 14.0. The first-order valence-electron chi connectivity index (χ1n) is 7.52. The minimum atomic E-state index is -0.189. The van der Waals surface area contributed by atoms with Crippen LogP contribution in [0.25, 0.3) is 0 Å². The molecule has 1 N–H and O–H groups in total. The Hall–Kier alpha value is -2.59. The summed E-state index contributed by atoms with van der Waals surface area (Å²) in [4.78, 5) is 15.0. The van der Waals surface area contributed by atoms with E-state index in [2.05, 4.69) is 16.8 Å². The Labute approximate surface area is 139 Å². The SMILES string of the molecule is Cc1cccc(N2C(=O)c3ccccc3N[C@H]2c2ccsc2)c1. The Bertz CT molecular complexity index is 857. The molecule has 2 heterocycles. The highest BCUT2D eigenvalue weighted by atomic mass is 32.1. The van der Waals surface area contributed by atoms with Gasteiger partial charge in [0, 0.05) is 16.9 Å². The lowest BCUT2D eigenvalue weighted by atomic mass is 10.0. The van der Waals surface area contributed by atoms with Gasteiger partial charge in [-0.05, 0) is 53.6 Å². The molecule has 0 aliphatic carbocycles. The lowest BCUT2D eigenvalue weighted by molar-refractivity contribution is 0.0975. The van der Waals surface area contributed by atoms with Crippen LogP contribution in [0.15, 0.2) is 65.4 Å². The fourth-order valence-corrected chi connectivity index (χ4v) is 3.64. The molecule has 4 heteroatoms. The summed E-state index contributed by atoms with van der Waals surface area (Å²) in [5, 5.41) is 7.63. The van der Waals surface area contributed by atoms with Crippen molar-refractivity contribution < 1.29 is 4.79 Å². The first-order chi connectivity index (χ1) is 11.2. The molecule has 0 fully saturated rings. The Kier molecular flexibility index (Phi) is 3.39. The Morgan fingerprint density at radius 1 is 1.09 bits per heavy atom. The van der Waals surface area contributed by atoms with E-state index in [1.165, 1.54) is 0 Å². The van der Waals surface area contributed by atoms with Crippen LogP contribution >= 0.6 is 11.3 Å². The lowest BCUT2D eigenvalue weighted by Gasteiger charge is -2.37. The summed E-state index contributed by atoms with van der Waals surface area (Å²) < 4.78 is 0. The fourth-order valence-electron chi connectivity index (χ4n) is 2.96. The van der Waals surface area contributed by atoms with Crippen LogP contribution in [0.5, 0.6) is 0 Å². The predicted octanol–water partition coefficient (Wildman–Crippen LogP) is 4.83. The molecule has 1 aromatic heterocycles. The molecule has 1 atom stereocenters. The molecule has 0 saturated heterocycles. The highest BCUT2D eigenvalue weighted by Crippen LogP contribution is 2.37. The van der Waals surface area contributed by atoms with Crippen LogP contribution in [0, 0.1) is 6.92 Å². The van der Waals surface area contributed by atoms with Crippen LogP contribution in [-0.2, 0) is 0 Å². The van der Waals surface area contributed by atoms with E-state index in [1.807, 2.05) is 65.7 Å². The number of rotatable bonds is 2. The third-order valence-corrected chi connectivity index (χ3v) is 4.77. The van der Waals surface area contributed by atoms with Gasteiger partial charge in [0.15, 0.2) is 0 Å². The van der Waals surface area contributed by atoms with Crippen molar-refractivity contribution in [1.29, 1.82) is 0 Å². The van der Waals surface area contributed by atoms with Crippen LogP contribution in [0.2, 0.25) is 0 Å². The highest BCUT2D eigenvalue weighted by molar-refractivity contribution is 7.08. The van der Waals surface area contributed by atoms with Crippen molar-refractivity contribution in [3.63, 3.8) is 0 Å². The van der Waals surface area contributed by atoms with E-state index in [1.54, 1.807) is 11.3 Å². The minimum Gasteiger partial charge on any atom is -0.360 e. The van der Waals surface area contributed by atoms with Crippen molar-refractivity contribution >= 4 is 28.6 Å². The van der Waals surface area contributed by atoms with Gasteiger partial charge in [0.25, 0.3) is 5.91 Å². The second-order valence-electron chi connectivity index (χ2n) is 5.66. The second kappa shape index (κ2) is 5.56. The fraction of sp³-hybridized carbons (Fsp3) is 0.105. The van der Waals surface area contributed by atoms with Gasteiger partial charge in [-0.15, -0.1) is 0 Å². The number of para-hydroxylation sites is 1. The van der Waals surface area contributed by atoms with Crippen molar-refractivity contribution in [2.75, 3.05) is 10.2 Å². The number of carbonyl (C=O) groups excluding carboxylic acids is 1. The molecule has 0 bridgehead atoms. The number of carbonyl (C=O) groups is 1. The third kappa shape index (κ3) is 2.41. The number of hydrogen-bond donors (Lipinski definition) is 1. The number of amides is 1. The molecule has 1 aliphatic rings. The normalized spacial score (nSPS) is 16.8. The van der Waals surface area contributed by atoms with Crippen LogP contribution in [0.4, 0.5) is 11.4 Å². The summed E-state index contributed by atoms with van der Waals surface area (Å²) in [6.07, 6.45) is -0.189. The number of hydrogen-bond acceptors (Lipinski definition) is 3. The van der Waals surface area contributed by atoms with Gasteiger partial charge in [0.05, 0.1) is 5.56 Å². The third-order valence-electron chi connectivity index (χ3n) is 4.07. The molecule has 3 aromatic rings. The van der Waals surface area contributed by atoms with E-state index in [0.717, 1.165) is 22.5 Å². The van der Waals surface area contributed by atoms with Crippen LogP contribution in [0.3, 0.4) is 0 Å². The maximum atomic E-state index is 13.1. The van der Waals surface area contributed by atoms with Crippen LogP contribution in [0.1, 0.15) is 27.7 Å². The van der Waals surface area contributed by atoms with Gasteiger partial charge in [-0.3, -0.25) is 9.69 Å². The van der Waals surface area contributed by atoms with E-state index in [9.17, 15) is 4.79 Å². The van der Waals surface area contributed by atoms with Crippen LogP contribution in [-0.4, -0.2) is 5.91 Å². The number of anilines is 2. The van der Waals surface area contributed by atoms with Gasteiger partial charge in [-0.2, -0.15) is 11.3 Å². The molecule has 23 heavy (non-hydrogen) atoms. The Balaban J connectivity index is 1.87. The Morgan fingerprint density at radius 2 is 1.96 bits per heavy atom. The minimum absolute atomic E-state index is 0.0288. The number of benzene rings is 2. The molecule has 0 radical (unpaired) electrons. The Morgan fingerprint density at radius 3 is 2.74 bits per heavy atom. The van der Waals surface area contributed by atoms with Crippen molar-refractivity contribution in [3.05, 3.63) is 82.0 Å². The smallest absolute Gasteiger partial charge is 0.262 e. The molecule has 4 rings (SSSR count). The summed E-state index contributed by atoms with van der Waals surface area (Å²) in [6.45, 7) is 2.04. The van der Waals surface area contributed by atoms with E-state index in [4.69, 9.17) is 0 Å². The summed E-state index contributed by atoms with van der Waals surface area (Å²) >= 11 is 1.64. The standard InChI is InChI=1S/C19H16N2OS/c1-13-5-4-6-15(11-13)21-18(14-9-10-23-12-14)20-17-8-3-2-7-16(17)19(21)22/h2-12,18,20H,1H3/t18-/m1/s1. The van der Waals surface area contributed by atoms with Crippen molar-refractivity contribution in [1.82, 2.24) is 0 Å². The monoisotopic (exact) mass is 320 g/mol. The summed E-state index contributed by atoms with van der Waals surface area (Å²) in [7, 11) is 0. The van der Waals surface area contributed by atoms with Crippen molar-refractivity contribution in [2.24, 2.45) is 0 Å². The van der Waals surface area contributed by atoms with Gasteiger partial charge in [0.1, 0.15) is 6.17 Å². The molecule has 0 spiro atoms. The molecule has 0 saturated carbocycles. The van der Waals surface area contributed by atoms with Crippen LogP contribution < -0.4 is 10.2 Å². The number of aryl methyl sites for hydroxylation is 1. The number of thiophene rings is 1. The maximum absolute atomic E-state index is 13.1. The van der Waals surface area contributed by atoms with Gasteiger partial charge in [-0.25, -0.2) is 0 Å². The number of fused-ring (bicyclic) bond motifs is 1. The quantitative estimate of drug-likeness (QED) is 0.733. The molecular weight excluding hydrogens is 304 g/mol. The highest BCUT2D eigenvalue weighted by Gasteiger charge is 2.34. The second-order valence-corrected chi connectivity index (χ2v) is 6.44. The van der Waals surface area contributed by atoms with Gasteiger partial charge >= 0.3 is 0 Å². The number of nitrogens with zero attached hydrogens (tertiary/aromatic N) is 1. The zero-order valence-electron chi connectivity index (χ0n) is 12.7. The largest absolute Gasteiger partial charge is 0.360 e. The molecule has 2 aromatic carbocycles. The summed E-state index contributed by atoms with van der Waals surface area (Å²) in [5.74, 6) is 0.0288. The average molecular weight is 320 g/mol. The van der Waals surface area contributed by atoms with Gasteiger partial charge in [0.2, 0.25) is 0 Å². The predicted molar refractivity (Wildman–Crippen MR) is 95.1 cm³/mol. The first-order valence-corrected chi connectivity index (χ1v) is 8.46.